The summed E-state index contributed by atoms with van der Waals surface area (Å²) in [6, 6.07) is 7.60. The number of ether oxygens (including phenoxy) is 2. The number of rotatable bonds is 7. The summed E-state index contributed by atoms with van der Waals surface area (Å²) >= 11 is 0. The van der Waals surface area contributed by atoms with Crippen LogP contribution < -0.4 is 21.1 Å². The van der Waals surface area contributed by atoms with Crippen molar-refractivity contribution in [2.75, 3.05) is 36.0 Å². The van der Waals surface area contributed by atoms with Crippen LogP contribution in [-0.2, 0) is 11.3 Å². The molecular formula is C23H30F3N5O3. The van der Waals surface area contributed by atoms with E-state index in [9.17, 15) is 18.0 Å². The summed E-state index contributed by atoms with van der Waals surface area (Å²) < 4.78 is 47.5. The van der Waals surface area contributed by atoms with E-state index in [0.29, 0.717) is 42.4 Å². The molecule has 186 valence electrons. The number of amides is 1. The standard InChI is InChI=1S/C23H30F3N5O3/c1-22(2,3)34-21(32)31-9-8-15(14-31)11-29-20-10-18(17(27)13-30-20)28-12-16-6-4-5-7-19(16)33-23(24,25)26/h4-7,10,13,15H,8-9,11-12,14,27H2,1-3H3,(H2,28,29,30). The molecule has 1 aliphatic rings. The van der Waals surface area contributed by atoms with E-state index in [1.54, 1.807) is 23.1 Å². The number of likely N-dealkylation sites (tertiary alicyclic amines) is 1. The maximum atomic E-state index is 12.6. The van der Waals surface area contributed by atoms with Crippen LogP contribution in [0.1, 0.15) is 32.8 Å². The molecule has 0 aliphatic carbocycles. The quantitative estimate of drug-likeness (QED) is 0.520. The molecule has 2 heterocycles. The Bertz CT molecular complexity index is 995. The Morgan fingerprint density at radius 1 is 1.24 bits per heavy atom. The van der Waals surface area contributed by atoms with Gasteiger partial charge in [-0.2, -0.15) is 0 Å². The summed E-state index contributed by atoms with van der Waals surface area (Å²) in [5.74, 6) is 0.520. The van der Waals surface area contributed by atoms with Crippen LogP contribution in [0.5, 0.6) is 5.75 Å². The van der Waals surface area contributed by atoms with E-state index in [1.807, 2.05) is 20.8 Å². The summed E-state index contributed by atoms with van der Waals surface area (Å²) in [5, 5.41) is 6.29. The molecule has 4 N–H and O–H groups in total. The molecule has 1 aromatic carbocycles. The number of benzene rings is 1. The van der Waals surface area contributed by atoms with Gasteiger partial charge in [0.15, 0.2) is 0 Å². The number of nitrogens with one attached hydrogen (secondary N) is 2. The Morgan fingerprint density at radius 2 is 1.97 bits per heavy atom. The van der Waals surface area contributed by atoms with E-state index in [4.69, 9.17) is 10.5 Å². The number of carbonyl (C=O) groups is 1. The lowest BCUT2D eigenvalue weighted by atomic mass is 10.1. The first-order valence-electron chi connectivity index (χ1n) is 10.9. The third-order valence-electron chi connectivity index (χ3n) is 5.11. The number of hydrogen-bond donors (Lipinski definition) is 3. The average Bonchev–Trinajstić information content (AvgIpc) is 3.20. The highest BCUT2D eigenvalue weighted by atomic mass is 19.4. The topological polar surface area (TPSA) is 102 Å². The molecular weight excluding hydrogens is 451 g/mol. The van der Waals surface area contributed by atoms with Gasteiger partial charge in [-0.25, -0.2) is 9.78 Å². The number of anilines is 3. The van der Waals surface area contributed by atoms with E-state index in [1.165, 1.54) is 18.3 Å². The number of alkyl halides is 3. The second-order valence-electron chi connectivity index (χ2n) is 9.13. The van der Waals surface area contributed by atoms with Gasteiger partial charge >= 0.3 is 12.5 Å². The predicted octanol–water partition coefficient (Wildman–Crippen LogP) is 4.84. The number of hydrogen-bond acceptors (Lipinski definition) is 7. The largest absolute Gasteiger partial charge is 0.573 e. The maximum Gasteiger partial charge on any atom is 0.573 e. The summed E-state index contributed by atoms with van der Waals surface area (Å²) in [5.41, 5.74) is 6.67. The van der Waals surface area contributed by atoms with E-state index in [2.05, 4.69) is 20.4 Å². The minimum Gasteiger partial charge on any atom is -0.444 e. The summed E-state index contributed by atoms with van der Waals surface area (Å²) in [6.45, 7) is 7.38. The average molecular weight is 482 g/mol. The maximum absolute atomic E-state index is 12.6. The Kier molecular flexibility index (Phi) is 7.63. The highest BCUT2D eigenvalue weighted by molar-refractivity contribution is 5.69. The van der Waals surface area contributed by atoms with Crippen LogP contribution in [0.15, 0.2) is 36.5 Å². The van der Waals surface area contributed by atoms with Gasteiger partial charge in [0, 0.05) is 37.8 Å². The normalized spacial score (nSPS) is 16.3. The summed E-state index contributed by atoms with van der Waals surface area (Å²) in [4.78, 5) is 18.2. The van der Waals surface area contributed by atoms with Crippen molar-refractivity contribution in [3.8, 4) is 5.75 Å². The van der Waals surface area contributed by atoms with Gasteiger partial charge in [-0.3, -0.25) is 0 Å². The molecule has 1 unspecified atom stereocenters. The fraction of sp³-hybridized carbons (Fsp3) is 0.478. The number of para-hydroxylation sites is 1. The number of nitrogens with two attached hydrogens (primary N) is 1. The SMILES string of the molecule is CC(C)(C)OC(=O)N1CCC(CNc2cc(NCc3ccccc3OC(F)(F)F)c(N)cn2)C1. The number of halogens is 3. The zero-order valence-corrected chi connectivity index (χ0v) is 19.4. The molecule has 0 saturated carbocycles. The van der Waals surface area contributed by atoms with Gasteiger partial charge in [0.25, 0.3) is 0 Å². The van der Waals surface area contributed by atoms with E-state index >= 15 is 0 Å². The fourth-order valence-electron chi connectivity index (χ4n) is 3.52. The lowest BCUT2D eigenvalue weighted by Gasteiger charge is -2.24. The molecule has 0 spiro atoms. The lowest BCUT2D eigenvalue weighted by Crippen LogP contribution is -2.35. The molecule has 1 fully saturated rings. The first kappa shape index (κ1) is 25.3. The smallest absolute Gasteiger partial charge is 0.444 e. The van der Waals surface area contributed by atoms with Gasteiger partial charge in [-0.05, 0) is 39.2 Å². The van der Waals surface area contributed by atoms with Crippen molar-refractivity contribution in [1.82, 2.24) is 9.88 Å². The van der Waals surface area contributed by atoms with E-state index < -0.39 is 12.0 Å². The number of carbonyl (C=O) groups excluding carboxylic acids is 1. The molecule has 8 nitrogen and oxygen atoms in total. The number of aromatic nitrogens is 1. The van der Waals surface area contributed by atoms with Crippen LogP contribution in [-0.4, -0.2) is 47.6 Å². The molecule has 1 atom stereocenters. The Hall–Kier alpha value is -3.37. The third-order valence-corrected chi connectivity index (χ3v) is 5.11. The van der Waals surface area contributed by atoms with Crippen molar-refractivity contribution < 1.29 is 27.4 Å². The molecule has 0 radical (unpaired) electrons. The highest BCUT2D eigenvalue weighted by Gasteiger charge is 2.32. The molecule has 2 aromatic rings. The van der Waals surface area contributed by atoms with Crippen LogP contribution in [0.25, 0.3) is 0 Å². The second-order valence-corrected chi connectivity index (χ2v) is 9.13. The van der Waals surface area contributed by atoms with Crippen molar-refractivity contribution in [3.05, 3.63) is 42.1 Å². The molecule has 11 heteroatoms. The number of nitrogen functional groups attached to an aromatic ring is 1. The van der Waals surface area contributed by atoms with Gasteiger partial charge in [-0.1, -0.05) is 18.2 Å². The number of pyridine rings is 1. The molecule has 1 amide bonds. The van der Waals surface area contributed by atoms with Crippen LogP contribution in [0.2, 0.25) is 0 Å². The Balaban J connectivity index is 1.56. The van der Waals surface area contributed by atoms with Gasteiger partial charge in [-0.15, -0.1) is 13.2 Å². The van der Waals surface area contributed by atoms with Crippen molar-refractivity contribution >= 4 is 23.3 Å². The van der Waals surface area contributed by atoms with Crippen LogP contribution in [0.3, 0.4) is 0 Å². The number of nitrogens with zero attached hydrogens (tertiary/aromatic N) is 2. The molecule has 1 aliphatic heterocycles. The van der Waals surface area contributed by atoms with Gasteiger partial charge in [0.05, 0.1) is 17.6 Å². The summed E-state index contributed by atoms with van der Waals surface area (Å²) in [6.07, 6.45) is -2.78. The van der Waals surface area contributed by atoms with Crippen molar-refractivity contribution in [2.24, 2.45) is 5.92 Å². The zero-order valence-electron chi connectivity index (χ0n) is 19.4. The van der Waals surface area contributed by atoms with Crippen molar-refractivity contribution in [3.63, 3.8) is 0 Å². The lowest BCUT2D eigenvalue weighted by molar-refractivity contribution is -0.274. The highest BCUT2D eigenvalue weighted by Crippen LogP contribution is 2.28. The van der Waals surface area contributed by atoms with Gasteiger partial charge < -0.3 is 30.7 Å². The van der Waals surface area contributed by atoms with Crippen LogP contribution in [0.4, 0.5) is 35.2 Å². The minimum atomic E-state index is -4.78. The first-order chi connectivity index (χ1) is 15.9. The molecule has 1 saturated heterocycles. The monoisotopic (exact) mass is 481 g/mol. The molecule has 3 rings (SSSR count). The molecule has 1 aromatic heterocycles. The van der Waals surface area contributed by atoms with Crippen molar-refractivity contribution in [2.45, 2.75) is 45.7 Å². The molecule has 0 bridgehead atoms. The van der Waals surface area contributed by atoms with Gasteiger partial charge in [0.1, 0.15) is 17.2 Å². The predicted molar refractivity (Wildman–Crippen MR) is 124 cm³/mol. The van der Waals surface area contributed by atoms with Crippen LogP contribution >= 0.6 is 0 Å². The van der Waals surface area contributed by atoms with E-state index in [-0.39, 0.29) is 24.3 Å². The fourth-order valence-corrected chi connectivity index (χ4v) is 3.52. The zero-order chi connectivity index (χ0) is 24.9. The second kappa shape index (κ2) is 10.3. The first-order valence-corrected chi connectivity index (χ1v) is 10.9. The Labute approximate surface area is 196 Å². The third kappa shape index (κ3) is 7.60. The minimum absolute atomic E-state index is 0.0768. The van der Waals surface area contributed by atoms with E-state index in [0.717, 1.165) is 6.42 Å². The summed E-state index contributed by atoms with van der Waals surface area (Å²) in [7, 11) is 0. The van der Waals surface area contributed by atoms with Crippen LogP contribution in [0, 0.1) is 5.92 Å². The Morgan fingerprint density at radius 3 is 2.68 bits per heavy atom. The van der Waals surface area contributed by atoms with Crippen molar-refractivity contribution in [1.29, 1.82) is 0 Å². The van der Waals surface area contributed by atoms with Gasteiger partial charge in [0.2, 0.25) is 0 Å². The molecule has 34 heavy (non-hydrogen) atoms.